The summed E-state index contributed by atoms with van der Waals surface area (Å²) in [5.41, 5.74) is 5.74. The standard InChI is InChI=1S/C10H21N3O/c1-10(2,7-11)8-5-6-13(8)9(14)12(3)4/h8H,5-7,11H2,1-4H3. The van der Waals surface area contributed by atoms with E-state index in [-0.39, 0.29) is 11.4 Å². The molecule has 0 aromatic carbocycles. The molecule has 2 N–H and O–H groups in total. The Morgan fingerprint density at radius 2 is 2.14 bits per heavy atom. The Bertz CT molecular complexity index is 225. The van der Waals surface area contributed by atoms with Crippen LogP contribution in [0.2, 0.25) is 0 Å². The molecule has 1 atom stereocenters. The van der Waals surface area contributed by atoms with E-state index in [2.05, 4.69) is 13.8 Å². The lowest BCUT2D eigenvalue weighted by Gasteiger charge is -2.50. The Balaban J connectivity index is 2.63. The Morgan fingerprint density at radius 1 is 1.57 bits per heavy atom. The summed E-state index contributed by atoms with van der Waals surface area (Å²) in [5.74, 6) is 0. The molecule has 4 heteroatoms. The van der Waals surface area contributed by atoms with Crippen molar-refractivity contribution in [3.05, 3.63) is 0 Å². The van der Waals surface area contributed by atoms with Crippen LogP contribution in [0.4, 0.5) is 4.79 Å². The molecular formula is C10H21N3O. The maximum absolute atomic E-state index is 11.7. The molecule has 82 valence electrons. The van der Waals surface area contributed by atoms with Gasteiger partial charge in [0.1, 0.15) is 0 Å². The van der Waals surface area contributed by atoms with E-state index < -0.39 is 0 Å². The van der Waals surface area contributed by atoms with Crippen molar-refractivity contribution in [2.24, 2.45) is 11.1 Å². The number of carbonyl (C=O) groups is 1. The molecule has 1 aliphatic rings. The second-order valence-electron chi connectivity index (χ2n) is 4.87. The zero-order valence-corrected chi connectivity index (χ0v) is 9.58. The second-order valence-corrected chi connectivity index (χ2v) is 4.87. The first kappa shape index (κ1) is 11.3. The number of carbonyl (C=O) groups excluding carboxylic acids is 1. The van der Waals surface area contributed by atoms with Crippen LogP contribution in [0.25, 0.3) is 0 Å². The lowest BCUT2D eigenvalue weighted by Crippen LogP contribution is -2.61. The van der Waals surface area contributed by atoms with E-state index in [0.29, 0.717) is 12.6 Å². The van der Waals surface area contributed by atoms with Gasteiger partial charge in [-0.2, -0.15) is 0 Å². The van der Waals surface area contributed by atoms with Gasteiger partial charge < -0.3 is 15.5 Å². The molecule has 0 aromatic rings. The average Bonchev–Trinajstić information content (AvgIpc) is 2.01. The van der Waals surface area contributed by atoms with Crippen LogP contribution in [-0.4, -0.2) is 49.1 Å². The van der Waals surface area contributed by atoms with Gasteiger partial charge in [-0.05, 0) is 18.4 Å². The van der Waals surface area contributed by atoms with Crippen molar-refractivity contribution in [1.29, 1.82) is 0 Å². The summed E-state index contributed by atoms with van der Waals surface area (Å²) in [6.07, 6.45) is 1.07. The van der Waals surface area contributed by atoms with E-state index >= 15 is 0 Å². The molecular weight excluding hydrogens is 178 g/mol. The number of hydrogen-bond donors (Lipinski definition) is 1. The van der Waals surface area contributed by atoms with Gasteiger partial charge in [-0.1, -0.05) is 13.8 Å². The molecule has 2 amide bonds. The molecule has 0 bridgehead atoms. The van der Waals surface area contributed by atoms with Gasteiger partial charge in [0, 0.05) is 26.7 Å². The van der Waals surface area contributed by atoms with Crippen LogP contribution in [0.3, 0.4) is 0 Å². The minimum Gasteiger partial charge on any atom is -0.331 e. The van der Waals surface area contributed by atoms with Crippen LogP contribution < -0.4 is 5.73 Å². The van der Waals surface area contributed by atoms with Crippen molar-refractivity contribution in [3.63, 3.8) is 0 Å². The summed E-state index contributed by atoms with van der Waals surface area (Å²) >= 11 is 0. The number of amides is 2. The SMILES string of the molecule is CN(C)C(=O)N1CCC1C(C)(C)CN. The minimum atomic E-state index is 0.0317. The molecule has 1 unspecified atom stereocenters. The smallest absolute Gasteiger partial charge is 0.319 e. The van der Waals surface area contributed by atoms with Crippen molar-refractivity contribution < 1.29 is 4.79 Å². The largest absolute Gasteiger partial charge is 0.331 e. The van der Waals surface area contributed by atoms with Gasteiger partial charge in [0.15, 0.2) is 0 Å². The van der Waals surface area contributed by atoms with Gasteiger partial charge in [-0.3, -0.25) is 0 Å². The summed E-state index contributed by atoms with van der Waals surface area (Å²) < 4.78 is 0. The molecule has 1 fully saturated rings. The molecule has 0 radical (unpaired) electrons. The Labute approximate surface area is 86.0 Å². The molecule has 1 aliphatic heterocycles. The van der Waals surface area contributed by atoms with E-state index in [9.17, 15) is 4.79 Å². The summed E-state index contributed by atoms with van der Waals surface area (Å²) in [7, 11) is 3.57. The monoisotopic (exact) mass is 199 g/mol. The first-order chi connectivity index (χ1) is 6.40. The van der Waals surface area contributed by atoms with Crippen LogP contribution in [0.15, 0.2) is 0 Å². The molecule has 14 heavy (non-hydrogen) atoms. The van der Waals surface area contributed by atoms with Gasteiger partial charge >= 0.3 is 6.03 Å². The van der Waals surface area contributed by atoms with Gasteiger partial charge in [0.05, 0.1) is 0 Å². The zero-order chi connectivity index (χ0) is 10.9. The van der Waals surface area contributed by atoms with E-state index in [0.717, 1.165) is 13.0 Å². The first-order valence-electron chi connectivity index (χ1n) is 5.08. The second kappa shape index (κ2) is 3.77. The topological polar surface area (TPSA) is 49.6 Å². The lowest BCUT2D eigenvalue weighted by atomic mass is 9.77. The van der Waals surface area contributed by atoms with Crippen molar-refractivity contribution in [3.8, 4) is 0 Å². The molecule has 1 heterocycles. The molecule has 0 saturated carbocycles. The van der Waals surface area contributed by atoms with Crippen LogP contribution >= 0.6 is 0 Å². The number of nitrogens with two attached hydrogens (primary N) is 1. The number of rotatable bonds is 2. The van der Waals surface area contributed by atoms with Crippen molar-refractivity contribution in [2.45, 2.75) is 26.3 Å². The number of urea groups is 1. The third kappa shape index (κ3) is 1.85. The van der Waals surface area contributed by atoms with Gasteiger partial charge in [-0.15, -0.1) is 0 Å². The summed E-state index contributed by atoms with van der Waals surface area (Å²) in [4.78, 5) is 15.2. The summed E-state index contributed by atoms with van der Waals surface area (Å²) in [6, 6.07) is 0.408. The number of nitrogens with zero attached hydrogens (tertiary/aromatic N) is 2. The fourth-order valence-corrected chi connectivity index (χ4v) is 1.82. The first-order valence-corrected chi connectivity index (χ1v) is 5.08. The average molecular weight is 199 g/mol. The summed E-state index contributed by atoms with van der Waals surface area (Å²) in [6.45, 7) is 5.72. The van der Waals surface area contributed by atoms with Crippen LogP contribution in [0.5, 0.6) is 0 Å². The predicted molar refractivity (Wildman–Crippen MR) is 57.0 cm³/mol. The quantitative estimate of drug-likeness (QED) is 0.712. The van der Waals surface area contributed by atoms with Crippen LogP contribution in [0, 0.1) is 5.41 Å². The lowest BCUT2D eigenvalue weighted by molar-refractivity contribution is 0.0281. The molecule has 1 rings (SSSR count). The van der Waals surface area contributed by atoms with Crippen LogP contribution in [-0.2, 0) is 0 Å². The predicted octanol–water partition coefficient (Wildman–Crippen LogP) is 0.727. The maximum Gasteiger partial charge on any atom is 0.319 e. The fraction of sp³-hybridized carbons (Fsp3) is 0.900. The van der Waals surface area contributed by atoms with Gasteiger partial charge in [0.2, 0.25) is 0 Å². The number of likely N-dealkylation sites (tertiary alicyclic amines) is 1. The fourth-order valence-electron chi connectivity index (χ4n) is 1.82. The van der Waals surface area contributed by atoms with Gasteiger partial charge in [-0.25, -0.2) is 4.79 Å². The maximum atomic E-state index is 11.7. The zero-order valence-electron chi connectivity index (χ0n) is 9.58. The minimum absolute atomic E-state index is 0.0317. The third-order valence-electron chi connectivity index (χ3n) is 3.08. The van der Waals surface area contributed by atoms with Crippen molar-refractivity contribution in [1.82, 2.24) is 9.80 Å². The molecule has 1 saturated heterocycles. The normalized spacial score (nSPS) is 21.8. The van der Waals surface area contributed by atoms with Crippen LogP contribution in [0.1, 0.15) is 20.3 Å². The van der Waals surface area contributed by atoms with Gasteiger partial charge in [0.25, 0.3) is 0 Å². The highest BCUT2D eigenvalue weighted by atomic mass is 16.2. The molecule has 0 aromatic heterocycles. The van der Waals surface area contributed by atoms with E-state index in [1.807, 2.05) is 4.90 Å². The third-order valence-corrected chi connectivity index (χ3v) is 3.08. The molecule has 0 aliphatic carbocycles. The van der Waals surface area contributed by atoms with Crippen molar-refractivity contribution in [2.75, 3.05) is 27.2 Å². The molecule has 4 nitrogen and oxygen atoms in total. The number of hydrogen-bond acceptors (Lipinski definition) is 2. The Hall–Kier alpha value is -0.770. The van der Waals surface area contributed by atoms with E-state index in [4.69, 9.17) is 5.73 Å². The van der Waals surface area contributed by atoms with Crippen molar-refractivity contribution >= 4 is 6.03 Å². The van der Waals surface area contributed by atoms with E-state index in [1.54, 1.807) is 19.0 Å². The highest BCUT2D eigenvalue weighted by Gasteiger charge is 2.42. The highest BCUT2D eigenvalue weighted by molar-refractivity contribution is 5.75. The highest BCUT2D eigenvalue weighted by Crippen LogP contribution is 2.33. The molecule has 0 spiro atoms. The summed E-state index contributed by atoms with van der Waals surface area (Å²) in [5, 5.41) is 0. The Morgan fingerprint density at radius 3 is 2.43 bits per heavy atom. The Kier molecular flexibility index (Phi) is 3.04. The van der Waals surface area contributed by atoms with E-state index in [1.165, 1.54) is 0 Å².